The van der Waals surface area contributed by atoms with E-state index in [4.69, 9.17) is 0 Å². The molecule has 0 unspecified atom stereocenters. The number of hydrogen-bond acceptors (Lipinski definition) is 4. The number of hydrogen-bond donors (Lipinski definition) is 1. The van der Waals surface area contributed by atoms with Gasteiger partial charge in [-0.05, 0) is 30.5 Å². The minimum atomic E-state index is -0.252. The number of likely N-dealkylation sites (tertiary alicyclic amines) is 1. The normalized spacial score (nSPS) is 25.4. The van der Waals surface area contributed by atoms with Gasteiger partial charge in [0.05, 0.1) is 17.2 Å². The highest BCUT2D eigenvalue weighted by atomic mass is 35.5. The smallest absolute Gasteiger partial charge is 0.266 e. The molecule has 3 atom stereocenters. The average molecular weight is 368 g/mol. The van der Waals surface area contributed by atoms with Gasteiger partial charge in [-0.1, -0.05) is 12.1 Å². The Bertz CT molecular complexity index is 753. The lowest BCUT2D eigenvalue weighted by Gasteiger charge is -2.28. The molecule has 24 heavy (non-hydrogen) atoms. The van der Waals surface area contributed by atoms with Crippen molar-refractivity contribution in [1.82, 2.24) is 15.2 Å². The summed E-state index contributed by atoms with van der Waals surface area (Å²) in [5.41, 5.74) is 3.36. The maximum atomic E-state index is 13.7. The summed E-state index contributed by atoms with van der Waals surface area (Å²) < 4.78 is 13.7. The predicted octanol–water partition coefficient (Wildman–Crippen LogP) is 3.05. The molecule has 2 aromatic rings. The van der Waals surface area contributed by atoms with E-state index in [0.29, 0.717) is 16.7 Å². The Morgan fingerprint density at radius 2 is 2.25 bits per heavy atom. The molecule has 4 rings (SSSR count). The van der Waals surface area contributed by atoms with E-state index < -0.39 is 0 Å². The summed E-state index contributed by atoms with van der Waals surface area (Å²) in [6.07, 6.45) is 0. The average Bonchev–Trinajstić information content (AvgIpc) is 3.21. The van der Waals surface area contributed by atoms with Crippen molar-refractivity contribution in [3.63, 3.8) is 0 Å². The molecule has 3 heterocycles. The summed E-state index contributed by atoms with van der Waals surface area (Å²) in [6, 6.07) is 6.59. The SMILES string of the molecule is Cc1ncsc1C(=O)N1C[C@@H]2CNC[C@@H]2[C@H]1c1cccc(F)c1.Cl. The van der Waals surface area contributed by atoms with Gasteiger partial charge in [0, 0.05) is 25.6 Å². The number of amides is 1. The topological polar surface area (TPSA) is 45.2 Å². The van der Waals surface area contributed by atoms with E-state index in [2.05, 4.69) is 10.3 Å². The molecule has 2 aliphatic heterocycles. The molecule has 1 amide bonds. The Morgan fingerprint density at radius 3 is 2.96 bits per heavy atom. The van der Waals surface area contributed by atoms with E-state index >= 15 is 0 Å². The number of carbonyl (C=O) groups excluding carboxylic acids is 1. The third kappa shape index (κ3) is 2.83. The van der Waals surface area contributed by atoms with Gasteiger partial charge in [0.25, 0.3) is 5.91 Å². The van der Waals surface area contributed by atoms with Crippen LogP contribution in [0.3, 0.4) is 0 Å². The van der Waals surface area contributed by atoms with Crippen molar-refractivity contribution in [2.45, 2.75) is 13.0 Å². The van der Waals surface area contributed by atoms with Crippen LogP contribution >= 0.6 is 23.7 Å². The maximum absolute atomic E-state index is 13.7. The molecule has 2 saturated heterocycles. The molecule has 1 N–H and O–H groups in total. The second-order valence-corrected chi connectivity index (χ2v) is 7.16. The summed E-state index contributed by atoms with van der Waals surface area (Å²) >= 11 is 1.38. The molecular weight excluding hydrogens is 349 g/mol. The van der Waals surface area contributed by atoms with Crippen LogP contribution in [0.4, 0.5) is 4.39 Å². The number of halogens is 2. The molecule has 2 fully saturated rings. The van der Waals surface area contributed by atoms with Crippen LogP contribution in [0, 0.1) is 24.6 Å². The molecule has 0 aliphatic carbocycles. The second kappa shape index (κ2) is 6.78. The summed E-state index contributed by atoms with van der Waals surface area (Å²) in [5.74, 6) is 0.543. The van der Waals surface area contributed by atoms with Gasteiger partial charge in [-0.3, -0.25) is 4.79 Å². The number of fused-ring (bicyclic) bond motifs is 1. The Hall–Kier alpha value is -1.50. The van der Waals surface area contributed by atoms with Crippen molar-refractivity contribution in [3.8, 4) is 0 Å². The molecule has 0 spiro atoms. The van der Waals surface area contributed by atoms with Crippen molar-refractivity contribution in [3.05, 3.63) is 51.7 Å². The van der Waals surface area contributed by atoms with E-state index in [0.717, 1.165) is 30.9 Å². The summed E-state index contributed by atoms with van der Waals surface area (Å²) in [7, 11) is 0. The number of aryl methyl sites for hydroxylation is 1. The lowest BCUT2D eigenvalue weighted by atomic mass is 9.89. The van der Waals surface area contributed by atoms with Crippen molar-refractivity contribution in [1.29, 1.82) is 0 Å². The van der Waals surface area contributed by atoms with E-state index in [-0.39, 0.29) is 30.2 Å². The Morgan fingerprint density at radius 1 is 1.42 bits per heavy atom. The van der Waals surface area contributed by atoms with Crippen LogP contribution in [0.25, 0.3) is 0 Å². The largest absolute Gasteiger partial charge is 0.330 e. The zero-order valence-corrected chi connectivity index (χ0v) is 14.9. The van der Waals surface area contributed by atoms with E-state index in [1.807, 2.05) is 17.9 Å². The van der Waals surface area contributed by atoms with Crippen molar-refractivity contribution < 1.29 is 9.18 Å². The fraction of sp³-hybridized carbons (Fsp3) is 0.412. The summed E-state index contributed by atoms with van der Waals surface area (Å²) in [4.78, 5) is 19.8. The fourth-order valence-corrected chi connectivity index (χ4v) is 4.64. The van der Waals surface area contributed by atoms with Crippen LogP contribution in [-0.4, -0.2) is 35.4 Å². The molecule has 0 saturated carbocycles. The van der Waals surface area contributed by atoms with E-state index in [1.54, 1.807) is 17.6 Å². The van der Waals surface area contributed by atoms with E-state index in [1.165, 1.54) is 17.4 Å². The standard InChI is InChI=1S/C17H18FN3OS.ClH/c1-10-16(23-9-20-10)17(22)21-8-12-6-19-7-14(12)15(21)11-3-2-4-13(18)5-11;/h2-5,9,12,14-15,19H,6-8H2,1H3;1H/t12-,14-,15+;/m0./s1. The van der Waals surface area contributed by atoms with Crippen molar-refractivity contribution >= 4 is 29.7 Å². The number of rotatable bonds is 2. The lowest BCUT2D eigenvalue weighted by molar-refractivity contribution is 0.0717. The molecule has 1 aromatic heterocycles. The van der Waals surface area contributed by atoms with Crippen molar-refractivity contribution in [2.24, 2.45) is 11.8 Å². The minimum absolute atomic E-state index is 0. The number of benzene rings is 1. The molecule has 128 valence electrons. The van der Waals surface area contributed by atoms with Gasteiger partial charge >= 0.3 is 0 Å². The number of thiazole rings is 1. The van der Waals surface area contributed by atoms with Gasteiger partial charge in [-0.15, -0.1) is 23.7 Å². The zero-order valence-electron chi connectivity index (χ0n) is 13.2. The van der Waals surface area contributed by atoms with Gasteiger partial charge in [0.2, 0.25) is 0 Å². The summed E-state index contributed by atoms with van der Waals surface area (Å²) in [6.45, 7) is 4.37. The molecule has 7 heteroatoms. The number of nitrogens with zero attached hydrogens (tertiary/aromatic N) is 2. The first kappa shape index (κ1) is 17.3. The van der Waals surface area contributed by atoms with Crippen LogP contribution in [0.1, 0.15) is 27.0 Å². The first-order chi connectivity index (χ1) is 11.1. The third-order valence-electron chi connectivity index (χ3n) is 4.96. The van der Waals surface area contributed by atoms with Crippen LogP contribution in [0.2, 0.25) is 0 Å². The highest BCUT2D eigenvalue weighted by molar-refractivity contribution is 7.11. The number of nitrogens with one attached hydrogen (secondary N) is 1. The third-order valence-corrected chi connectivity index (χ3v) is 5.87. The first-order valence-electron chi connectivity index (χ1n) is 7.82. The van der Waals surface area contributed by atoms with E-state index in [9.17, 15) is 9.18 Å². The predicted molar refractivity (Wildman–Crippen MR) is 94.1 cm³/mol. The lowest BCUT2D eigenvalue weighted by Crippen LogP contribution is -2.34. The van der Waals surface area contributed by atoms with Crippen LogP contribution in [0.15, 0.2) is 29.8 Å². The van der Waals surface area contributed by atoms with Crippen LogP contribution in [0.5, 0.6) is 0 Å². The minimum Gasteiger partial charge on any atom is -0.330 e. The molecule has 0 bridgehead atoms. The van der Waals surface area contributed by atoms with Crippen LogP contribution in [-0.2, 0) is 0 Å². The van der Waals surface area contributed by atoms with Gasteiger partial charge < -0.3 is 10.2 Å². The Labute approximate surface area is 150 Å². The zero-order chi connectivity index (χ0) is 16.0. The fourth-order valence-electron chi connectivity index (χ4n) is 3.88. The molecule has 2 aliphatic rings. The number of aromatic nitrogens is 1. The second-order valence-electron chi connectivity index (χ2n) is 6.31. The quantitative estimate of drug-likeness (QED) is 0.887. The molecule has 4 nitrogen and oxygen atoms in total. The van der Waals surface area contributed by atoms with Gasteiger partial charge in [-0.2, -0.15) is 0 Å². The van der Waals surface area contributed by atoms with Gasteiger partial charge in [0.1, 0.15) is 10.7 Å². The Kier molecular flexibility index (Phi) is 4.90. The van der Waals surface area contributed by atoms with Crippen molar-refractivity contribution in [2.75, 3.05) is 19.6 Å². The molecule has 0 radical (unpaired) electrons. The first-order valence-corrected chi connectivity index (χ1v) is 8.70. The molecular formula is C17H19ClFN3OS. The highest BCUT2D eigenvalue weighted by Gasteiger charge is 2.47. The monoisotopic (exact) mass is 367 g/mol. The Balaban J connectivity index is 0.00000169. The van der Waals surface area contributed by atoms with Gasteiger partial charge in [-0.25, -0.2) is 9.37 Å². The maximum Gasteiger partial charge on any atom is 0.266 e. The highest BCUT2D eigenvalue weighted by Crippen LogP contribution is 2.43. The van der Waals surface area contributed by atoms with Gasteiger partial charge in [0.15, 0.2) is 0 Å². The number of carbonyl (C=O) groups is 1. The summed E-state index contributed by atoms with van der Waals surface area (Å²) in [5, 5.41) is 3.40. The molecule has 1 aromatic carbocycles. The van der Waals surface area contributed by atoms with Crippen LogP contribution < -0.4 is 5.32 Å².